The number of carboxylic acid groups (broad SMARTS) is 1. The van der Waals surface area contributed by atoms with E-state index >= 15 is 0 Å². The largest absolute Gasteiger partial charge is 0.480 e. The highest BCUT2D eigenvalue weighted by molar-refractivity contribution is 5.87. The van der Waals surface area contributed by atoms with Crippen molar-refractivity contribution in [3.8, 4) is 0 Å². The molecular weight excluding hydrogens is 344 g/mol. The van der Waals surface area contributed by atoms with Gasteiger partial charge < -0.3 is 32.7 Å². The maximum absolute atomic E-state index is 12.1. The standard InChI is InChI=1S/C15H26N6O5/c16-4-2-1-3-12(15(25)26)20-13(23)10(17)5-9-6-21(8-19-9)14(24)11(18)7-22/h6,8,10-12,22H,1-5,7,16-18H2,(H,20,23)(H,25,26)/t10-,11-,12-/m0/s1. The maximum Gasteiger partial charge on any atom is 0.326 e. The van der Waals surface area contributed by atoms with E-state index in [1.54, 1.807) is 0 Å². The van der Waals surface area contributed by atoms with Crippen molar-refractivity contribution in [2.24, 2.45) is 17.2 Å². The number of nitrogens with one attached hydrogen (secondary N) is 1. The van der Waals surface area contributed by atoms with E-state index in [1.165, 1.54) is 12.5 Å². The van der Waals surface area contributed by atoms with Crippen LogP contribution in [-0.4, -0.2) is 68.8 Å². The third-order valence-corrected chi connectivity index (χ3v) is 3.73. The van der Waals surface area contributed by atoms with Crippen molar-refractivity contribution in [3.05, 3.63) is 18.2 Å². The third kappa shape index (κ3) is 6.52. The number of aliphatic hydroxyl groups is 1. The number of imidazole rings is 1. The van der Waals surface area contributed by atoms with Gasteiger partial charge in [0.1, 0.15) is 18.4 Å². The summed E-state index contributed by atoms with van der Waals surface area (Å²) in [5, 5.41) is 20.4. The molecule has 26 heavy (non-hydrogen) atoms. The highest BCUT2D eigenvalue weighted by Crippen LogP contribution is 2.04. The first-order valence-corrected chi connectivity index (χ1v) is 8.22. The first-order chi connectivity index (χ1) is 12.3. The van der Waals surface area contributed by atoms with E-state index in [2.05, 4.69) is 10.3 Å². The summed E-state index contributed by atoms with van der Waals surface area (Å²) < 4.78 is 1.10. The van der Waals surface area contributed by atoms with Crippen LogP contribution >= 0.6 is 0 Å². The quantitative estimate of drug-likeness (QED) is 0.226. The summed E-state index contributed by atoms with van der Waals surface area (Å²) in [4.78, 5) is 39.1. The van der Waals surface area contributed by atoms with Gasteiger partial charge in [-0.15, -0.1) is 0 Å². The number of amides is 1. The Morgan fingerprint density at radius 2 is 1.92 bits per heavy atom. The van der Waals surface area contributed by atoms with Gasteiger partial charge in [-0.2, -0.15) is 0 Å². The Hall–Kier alpha value is -2.34. The molecule has 0 saturated carbocycles. The molecule has 1 rings (SSSR count). The van der Waals surface area contributed by atoms with Crippen molar-refractivity contribution >= 4 is 17.8 Å². The van der Waals surface area contributed by atoms with E-state index in [0.29, 0.717) is 25.1 Å². The van der Waals surface area contributed by atoms with Crippen LogP contribution < -0.4 is 22.5 Å². The molecule has 11 heteroatoms. The molecule has 0 aliphatic heterocycles. The van der Waals surface area contributed by atoms with E-state index in [1.807, 2.05) is 0 Å². The molecule has 1 aromatic rings. The highest BCUT2D eigenvalue weighted by atomic mass is 16.4. The molecule has 1 aromatic heterocycles. The smallest absolute Gasteiger partial charge is 0.326 e. The zero-order valence-corrected chi connectivity index (χ0v) is 14.4. The number of rotatable bonds is 11. The summed E-state index contributed by atoms with van der Waals surface area (Å²) in [6, 6.07) is -3.14. The number of nitrogens with two attached hydrogens (primary N) is 3. The van der Waals surface area contributed by atoms with Gasteiger partial charge in [0.15, 0.2) is 0 Å². The van der Waals surface area contributed by atoms with Crippen molar-refractivity contribution in [2.75, 3.05) is 13.2 Å². The number of aliphatic carboxylic acids is 1. The summed E-state index contributed by atoms with van der Waals surface area (Å²) >= 11 is 0. The zero-order valence-electron chi connectivity index (χ0n) is 14.4. The molecule has 0 fully saturated rings. The number of carboxylic acids is 1. The molecule has 11 nitrogen and oxygen atoms in total. The Labute approximate surface area is 150 Å². The number of hydrogen-bond donors (Lipinski definition) is 6. The number of hydrogen-bond acceptors (Lipinski definition) is 8. The number of carbonyl (C=O) groups excluding carboxylic acids is 2. The van der Waals surface area contributed by atoms with Gasteiger partial charge in [0.05, 0.1) is 18.3 Å². The fourth-order valence-electron chi connectivity index (χ4n) is 2.21. The van der Waals surface area contributed by atoms with E-state index in [-0.39, 0.29) is 12.8 Å². The van der Waals surface area contributed by atoms with E-state index < -0.39 is 42.5 Å². The molecule has 0 aliphatic carbocycles. The fourth-order valence-corrected chi connectivity index (χ4v) is 2.21. The van der Waals surface area contributed by atoms with Crippen LogP contribution in [0.15, 0.2) is 12.5 Å². The lowest BCUT2D eigenvalue weighted by Gasteiger charge is -2.17. The molecule has 0 spiro atoms. The van der Waals surface area contributed by atoms with Crippen molar-refractivity contribution in [1.82, 2.24) is 14.9 Å². The molecule has 0 bridgehead atoms. The summed E-state index contributed by atoms with van der Waals surface area (Å²) in [5.41, 5.74) is 17.0. The normalized spacial score (nSPS) is 14.5. The lowest BCUT2D eigenvalue weighted by molar-refractivity contribution is -0.142. The summed E-state index contributed by atoms with van der Waals surface area (Å²) in [6.07, 6.45) is 4.07. The number of aliphatic hydroxyl groups excluding tert-OH is 1. The topological polar surface area (TPSA) is 200 Å². The van der Waals surface area contributed by atoms with Gasteiger partial charge in [0.25, 0.3) is 5.91 Å². The van der Waals surface area contributed by atoms with Crippen LogP contribution in [0.25, 0.3) is 0 Å². The van der Waals surface area contributed by atoms with Gasteiger partial charge in [-0.25, -0.2) is 9.78 Å². The minimum atomic E-state index is -1.14. The molecule has 0 unspecified atom stereocenters. The van der Waals surface area contributed by atoms with Gasteiger partial charge in [-0.1, -0.05) is 0 Å². The predicted molar refractivity (Wildman–Crippen MR) is 92.1 cm³/mol. The molecule has 0 saturated heterocycles. The molecule has 1 amide bonds. The van der Waals surface area contributed by atoms with Crippen LogP contribution in [0, 0.1) is 0 Å². The Kier molecular flexibility index (Phi) is 8.85. The predicted octanol–water partition coefficient (Wildman–Crippen LogP) is -2.59. The van der Waals surface area contributed by atoms with Crippen molar-refractivity contribution < 1.29 is 24.6 Å². The van der Waals surface area contributed by atoms with Crippen LogP contribution in [0.2, 0.25) is 0 Å². The minimum absolute atomic E-state index is 0.00954. The second kappa shape index (κ2) is 10.6. The Morgan fingerprint density at radius 3 is 2.50 bits per heavy atom. The number of unbranched alkanes of at least 4 members (excludes halogenated alkanes) is 1. The number of carbonyl (C=O) groups is 3. The van der Waals surface area contributed by atoms with E-state index in [9.17, 15) is 14.4 Å². The summed E-state index contributed by atoms with van der Waals surface area (Å²) in [7, 11) is 0. The maximum atomic E-state index is 12.1. The zero-order chi connectivity index (χ0) is 19.7. The van der Waals surface area contributed by atoms with Crippen LogP contribution in [0.5, 0.6) is 0 Å². The molecule has 0 aromatic carbocycles. The van der Waals surface area contributed by atoms with E-state index in [0.717, 1.165) is 4.57 Å². The third-order valence-electron chi connectivity index (χ3n) is 3.73. The molecule has 146 valence electrons. The SMILES string of the molecule is NCCCC[C@H](NC(=O)[C@@H](N)Cc1cn(C(=O)[C@@H](N)CO)cn1)C(=O)O. The Bertz CT molecular complexity index is 619. The minimum Gasteiger partial charge on any atom is -0.480 e. The van der Waals surface area contributed by atoms with E-state index in [4.69, 9.17) is 27.4 Å². The van der Waals surface area contributed by atoms with Crippen LogP contribution in [0.3, 0.4) is 0 Å². The lowest BCUT2D eigenvalue weighted by Crippen LogP contribution is -2.49. The molecule has 0 aliphatic rings. The average molecular weight is 370 g/mol. The average Bonchev–Trinajstić information content (AvgIpc) is 3.07. The number of nitrogens with zero attached hydrogens (tertiary/aromatic N) is 2. The second-order valence-corrected chi connectivity index (χ2v) is 5.89. The first-order valence-electron chi connectivity index (χ1n) is 8.22. The van der Waals surface area contributed by atoms with Gasteiger partial charge in [-0.05, 0) is 25.8 Å². The van der Waals surface area contributed by atoms with Gasteiger partial charge in [-0.3, -0.25) is 14.2 Å². The summed E-state index contributed by atoms with van der Waals surface area (Å²) in [5.74, 6) is -2.32. The second-order valence-electron chi connectivity index (χ2n) is 5.89. The van der Waals surface area contributed by atoms with Crippen molar-refractivity contribution in [2.45, 2.75) is 43.8 Å². The monoisotopic (exact) mass is 370 g/mol. The van der Waals surface area contributed by atoms with Gasteiger partial charge >= 0.3 is 5.97 Å². The Morgan fingerprint density at radius 1 is 1.23 bits per heavy atom. The van der Waals surface area contributed by atoms with Gasteiger partial charge in [0, 0.05) is 12.6 Å². The van der Waals surface area contributed by atoms with Crippen LogP contribution in [-0.2, 0) is 16.0 Å². The summed E-state index contributed by atoms with van der Waals surface area (Å²) in [6.45, 7) is -0.0594. The molecule has 1 heterocycles. The Balaban J connectivity index is 2.62. The first kappa shape index (κ1) is 21.7. The van der Waals surface area contributed by atoms with Crippen LogP contribution in [0.1, 0.15) is 29.8 Å². The lowest BCUT2D eigenvalue weighted by atomic mass is 10.1. The van der Waals surface area contributed by atoms with Crippen molar-refractivity contribution in [3.63, 3.8) is 0 Å². The number of aromatic nitrogens is 2. The van der Waals surface area contributed by atoms with Crippen molar-refractivity contribution in [1.29, 1.82) is 0 Å². The van der Waals surface area contributed by atoms with Crippen LogP contribution in [0.4, 0.5) is 0 Å². The molecule has 0 radical (unpaired) electrons. The molecular formula is C15H26N6O5. The fraction of sp³-hybridized carbons (Fsp3) is 0.600. The molecule has 3 atom stereocenters. The molecule has 9 N–H and O–H groups in total. The van der Waals surface area contributed by atoms with Gasteiger partial charge in [0.2, 0.25) is 5.91 Å². The highest BCUT2D eigenvalue weighted by Gasteiger charge is 2.24.